The number of carbonyl (C=O) groups is 2. The molecule has 0 bridgehead atoms. The van der Waals surface area contributed by atoms with Gasteiger partial charge in [-0.05, 0) is 25.1 Å². The lowest BCUT2D eigenvalue weighted by molar-refractivity contribution is -0.130. The maximum Gasteiger partial charge on any atom is 0.506 e. The van der Waals surface area contributed by atoms with Gasteiger partial charge in [-0.3, -0.25) is 4.79 Å². The van der Waals surface area contributed by atoms with Gasteiger partial charge in [0, 0.05) is 26.9 Å². The number of methoxy groups -OCH3 is 1. The summed E-state index contributed by atoms with van der Waals surface area (Å²) in [4.78, 5) is 29.2. The molecule has 0 spiro atoms. The number of hydrogen-bond donors (Lipinski definition) is 2. The second-order valence-corrected chi connectivity index (χ2v) is 8.10. The summed E-state index contributed by atoms with van der Waals surface area (Å²) < 4.78 is 11.4. The highest BCUT2D eigenvalue weighted by molar-refractivity contribution is 8.01. The molecule has 26 heavy (non-hydrogen) atoms. The minimum absolute atomic E-state index is 0.245. The highest BCUT2D eigenvalue weighted by Gasteiger charge is 2.22. The maximum atomic E-state index is 12.1. The van der Waals surface area contributed by atoms with Crippen LogP contribution in [-0.4, -0.2) is 61.4 Å². The maximum absolute atomic E-state index is 12.1. The summed E-state index contributed by atoms with van der Waals surface area (Å²) in [5.41, 5.74) is 1.94. The SMILES string of the molecule is COCC(NC(=O)C(C)OC(=O)O)Sc1nc2cc(N(C)C)ccc2s1. The molecule has 2 aromatic rings. The molecule has 0 aliphatic carbocycles. The van der Waals surface area contributed by atoms with Gasteiger partial charge in [-0.15, -0.1) is 11.3 Å². The van der Waals surface area contributed by atoms with E-state index in [1.807, 2.05) is 37.2 Å². The molecule has 0 radical (unpaired) electrons. The molecule has 0 saturated carbocycles. The Morgan fingerprint density at radius 3 is 2.77 bits per heavy atom. The molecule has 8 nitrogen and oxygen atoms in total. The molecule has 2 rings (SSSR count). The third-order valence-corrected chi connectivity index (χ3v) is 5.58. The van der Waals surface area contributed by atoms with E-state index in [1.165, 1.54) is 37.1 Å². The van der Waals surface area contributed by atoms with Gasteiger partial charge < -0.3 is 24.8 Å². The Hall–Kier alpha value is -2.04. The number of amides is 1. The molecule has 0 aliphatic heterocycles. The first kappa shape index (κ1) is 20.3. The standard InChI is InChI=1S/C16H21N3O5S2/c1-9(24-16(21)22)14(20)18-13(8-23-4)26-15-17-11-7-10(19(2)3)5-6-12(11)25-15/h5-7,9,13H,8H2,1-4H3,(H,18,20)(H,21,22). The number of carbonyl (C=O) groups excluding carboxylic acids is 1. The fourth-order valence-electron chi connectivity index (χ4n) is 2.08. The molecule has 142 valence electrons. The van der Waals surface area contributed by atoms with Crippen LogP contribution < -0.4 is 10.2 Å². The molecule has 0 saturated heterocycles. The van der Waals surface area contributed by atoms with Gasteiger partial charge in [0.05, 0.1) is 16.8 Å². The molecule has 10 heteroatoms. The summed E-state index contributed by atoms with van der Waals surface area (Å²) in [7, 11) is 5.46. The lowest BCUT2D eigenvalue weighted by Crippen LogP contribution is -2.42. The summed E-state index contributed by atoms with van der Waals surface area (Å²) in [5.74, 6) is -0.530. The summed E-state index contributed by atoms with van der Waals surface area (Å²) in [6.45, 7) is 1.62. The Bertz CT molecular complexity index is 780. The first-order valence-corrected chi connectivity index (χ1v) is 9.43. The third-order valence-electron chi connectivity index (χ3n) is 3.38. The van der Waals surface area contributed by atoms with E-state index in [-0.39, 0.29) is 6.61 Å². The highest BCUT2D eigenvalue weighted by atomic mass is 32.2. The van der Waals surface area contributed by atoms with Crippen LogP contribution in [0.15, 0.2) is 22.5 Å². The van der Waals surface area contributed by atoms with Crippen LogP contribution in [0.4, 0.5) is 10.5 Å². The highest BCUT2D eigenvalue weighted by Crippen LogP contribution is 2.33. The van der Waals surface area contributed by atoms with E-state index in [0.29, 0.717) is 0 Å². The van der Waals surface area contributed by atoms with E-state index in [4.69, 9.17) is 9.84 Å². The molecule has 2 N–H and O–H groups in total. The summed E-state index contributed by atoms with van der Waals surface area (Å²) in [5, 5.41) is 10.9. The zero-order valence-corrected chi connectivity index (χ0v) is 16.5. The molecule has 2 atom stereocenters. The predicted molar refractivity (Wildman–Crippen MR) is 102 cm³/mol. The van der Waals surface area contributed by atoms with E-state index in [2.05, 4.69) is 15.0 Å². The normalized spacial score (nSPS) is 13.2. The lowest BCUT2D eigenvalue weighted by Gasteiger charge is -2.18. The topological polar surface area (TPSA) is 101 Å². The minimum Gasteiger partial charge on any atom is -0.450 e. The van der Waals surface area contributed by atoms with E-state index < -0.39 is 23.5 Å². The molecular formula is C16H21N3O5S2. The van der Waals surface area contributed by atoms with E-state index in [9.17, 15) is 9.59 Å². The number of rotatable bonds is 8. The van der Waals surface area contributed by atoms with Crippen LogP contribution >= 0.6 is 23.1 Å². The van der Waals surface area contributed by atoms with Crippen molar-refractivity contribution in [2.24, 2.45) is 0 Å². The van der Waals surface area contributed by atoms with Crippen LogP contribution in [0.25, 0.3) is 10.2 Å². The zero-order chi connectivity index (χ0) is 19.3. The van der Waals surface area contributed by atoms with Gasteiger partial charge in [0.1, 0.15) is 5.37 Å². The Morgan fingerprint density at radius 2 is 2.15 bits per heavy atom. The Morgan fingerprint density at radius 1 is 1.42 bits per heavy atom. The van der Waals surface area contributed by atoms with Crippen molar-refractivity contribution < 1.29 is 24.2 Å². The van der Waals surface area contributed by atoms with Crippen LogP contribution in [0.5, 0.6) is 0 Å². The number of carboxylic acid groups (broad SMARTS) is 1. The van der Waals surface area contributed by atoms with E-state index in [0.717, 1.165) is 20.2 Å². The Labute approximate surface area is 159 Å². The largest absolute Gasteiger partial charge is 0.506 e. The number of thiazole rings is 1. The van der Waals surface area contributed by atoms with Crippen LogP contribution in [0.2, 0.25) is 0 Å². The molecule has 0 aliphatic rings. The van der Waals surface area contributed by atoms with Gasteiger partial charge in [0.2, 0.25) is 0 Å². The number of hydrogen-bond acceptors (Lipinski definition) is 8. The van der Waals surface area contributed by atoms with Crippen LogP contribution in [0.3, 0.4) is 0 Å². The lowest BCUT2D eigenvalue weighted by atomic mass is 10.3. The fraction of sp³-hybridized carbons (Fsp3) is 0.438. The van der Waals surface area contributed by atoms with E-state index >= 15 is 0 Å². The third kappa shape index (κ3) is 5.48. The van der Waals surface area contributed by atoms with Crippen molar-refractivity contribution in [3.8, 4) is 0 Å². The first-order chi connectivity index (χ1) is 12.3. The average Bonchev–Trinajstić information content (AvgIpc) is 2.95. The summed E-state index contributed by atoms with van der Waals surface area (Å²) in [6, 6.07) is 6.04. The quantitative estimate of drug-likeness (QED) is 0.397. The van der Waals surface area contributed by atoms with Crippen molar-refractivity contribution in [1.82, 2.24) is 10.3 Å². The van der Waals surface area contributed by atoms with Crippen molar-refractivity contribution in [3.05, 3.63) is 18.2 Å². The number of aromatic nitrogens is 1. The molecule has 1 heterocycles. The number of benzene rings is 1. The zero-order valence-electron chi connectivity index (χ0n) is 14.9. The minimum atomic E-state index is -1.49. The molecule has 1 aromatic carbocycles. The smallest absolute Gasteiger partial charge is 0.450 e. The fourth-order valence-corrected chi connectivity index (χ4v) is 4.34. The van der Waals surface area contributed by atoms with E-state index in [1.54, 1.807) is 0 Å². The van der Waals surface area contributed by atoms with Gasteiger partial charge in [0.15, 0.2) is 10.4 Å². The van der Waals surface area contributed by atoms with Gasteiger partial charge in [-0.2, -0.15) is 0 Å². The molecule has 0 fully saturated rings. The van der Waals surface area contributed by atoms with Gasteiger partial charge in [-0.25, -0.2) is 9.78 Å². The molecular weight excluding hydrogens is 378 g/mol. The number of ether oxygens (including phenoxy) is 2. The van der Waals surface area contributed by atoms with Crippen molar-refractivity contribution in [1.29, 1.82) is 0 Å². The molecule has 1 amide bonds. The van der Waals surface area contributed by atoms with Crippen molar-refractivity contribution in [2.45, 2.75) is 22.7 Å². The summed E-state index contributed by atoms with van der Waals surface area (Å²) >= 11 is 2.87. The van der Waals surface area contributed by atoms with Crippen LogP contribution in [0, 0.1) is 0 Å². The number of nitrogens with zero attached hydrogens (tertiary/aromatic N) is 2. The molecule has 1 aromatic heterocycles. The number of nitrogens with one attached hydrogen (secondary N) is 1. The number of fused-ring (bicyclic) bond motifs is 1. The predicted octanol–water partition coefficient (Wildman–Crippen LogP) is 2.63. The van der Waals surface area contributed by atoms with Crippen LogP contribution in [0.1, 0.15) is 6.92 Å². The van der Waals surface area contributed by atoms with Gasteiger partial charge in [0.25, 0.3) is 5.91 Å². The number of thioether (sulfide) groups is 1. The van der Waals surface area contributed by atoms with Crippen LogP contribution in [-0.2, 0) is 14.3 Å². The Balaban J connectivity index is 2.10. The number of anilines is 1. The second kappa shape index (κ2) is 9.06. The Kier molecular flexibility index (Phi) is 7.06. The van der Waals surface area contributed by atoms with Gasteiger partial charge >= 0.3 is 6.16 Å². The van der Waals surface area contributed by atoms with Crippen molar-refractivity contribution >= 4 is 51.1 Å². The molecule has 2 unspecified atom stereocenters. The first-order valence-electron chi connectivity index (χ1n) is 7.73. The summed E-state index contributed by atoms with van der Waals surface area (Å²) in [6.07, 6.45) is -2.60. The monoisotopic (exact) mass is 399 g/mol. The van der Waals surface area contributed by atoms with Crippen molar-refractivity contribution in [2.75, 3.05) is 32.7 Å². The van der Waals surface area contributed by atoms with Gasteiger partial charge in [-0.1, -0.05) is 11.8 Å². The second-order valence-electron chi connectivity index (χ2n) is 5.62. The average molecular weight is 399 g/mol. The van der Waals surface area contributed by atoms with Crippen molar-refractivity contribution in [3.63, 3.8) is 0 Å².